The van der Waals surface area contributed by atoms with E-state index >= 15 is 0 Å². The van der Waals surface area contributed by atoms with E-state index in [1.165, 1.54) is 12.3 Å². The van der Waals surface area contributed by atoms with E-state index in [1.807, 2.05) is 0 Å². The summed E-state index contributed by atoms with van der Waals surface area (Å²) in [6.45, 7) is 0.424. The van der Waals surface area contributed by atoms with Gasteiger partial charge >= 0.3 is 0 Å². The third kappa shape index (κ3) is 2.78. The summed E-state index contributed by atoms with van der Waals surface area (Å²) in [5, 5.41) is 20.0. The van der Waals surface area contributed by atoms with Crippen molar-refractivity contribution in [3.8, 4) is 0 Å². The van der Waals surface area contributed by atoms with E-state index in [2.05, 4.69) is 15.1 Å². The number of nitrogens with two attached hydrogens (primary N) is 1. The number of aliphatic hydroxyl groups excluding tert-OH is 1. The number of nitrogens with zero attached hydrogens (tertiary/aromatic N) is 4. The van der Waals surface area contributed by atoms with Crippen LogP contribution >= 0.6 is 0 Å². The van der Waals surface area contributed by atoms with Crippen LogP contribution in [0.2, 0.25) is 0 Å². The van der Waals surface area contributed by atoms with Gasteiger partial charge in [0, 0.05) is 19.8 Å². The molecule has 1 aromatic heterocycles. The number of hydrogen-bond acceptors (Lipinski definition) is 6. The Morgan fingerprint density at radius 1 is 1.67 bits per heavy atom. The summed E-state index contributed by atoms with van der Waals surface area (Å²) < 4.78 is 0. The average molecular weight is 211 g/mol. The van der Waals surface area contributed by atoms with Gasteiger partial charge in [-0.05, 0) is 6.07 Å². The Balaban J connectivity index is 2.92. The highest BCUT2D eigenvalue weighted by atomic mass is 16.4. The lowest BCUT2D eigenvalue weighted by Gasteiger charge is -2.15. The molecule has 7 nitrogen and oxygen atoms in total. The molecule has 1 rings (SSSR count). The fourth-order valence-corrected chi connectivity index (χ4v) is 0.976. The van der Waals surface area contributed by atoms with Crippen molar-refractivity contribution in [3.63, 3.8) is 0 Å². The molecule has 0 amide bonds. The minimum absolute atomic E-state index is 0.00760. The Morgan fingerprint density at radius 3 is 3.00 bits per heavy atom. The van der Waals surface area contributed by atoms with Gasteiger partial charge in [-0.3, -0.25) is 0 Å². The molecule has 82 valence electrons. The fraction of sp³-hybridized carbons (Fsp3) is 0.375. The van der Waals surface area contributed by atoms with E-state index in [1.54, 1.807) is 11.9 Å². The molecule has 0 aliphatic heterocycles. The van der Waals surface area contributed by atoms with Crippen LogP contribution in [-0.4, -0.2) is 46.3 Å². The molecular weight excluding hydrogens is 198 g/mol. The Bertz CT molecular complexity index is 355. The van der Waals surface area contributed by atoms with Crippen LogP contribution in [-0.2, 0) is 0 Å². The SMILES string of the molecule is CN(CCO)c1nccc(/C(N)=N/O)n1. The molecule has 15 heavy (non-hydrogen) atoms. The topological polar surface area (TPSA) is 108 Å². The zero-order chi connectivity index (χ0) is 11.3. The highest BCUT2D eigenvalue weighted by molar-refractivity contribution is 5.95. The van der Waals surface area contributed by atoms with Crippen molar-refractivity contribution in [3.05, 3.63) is 18.0 Å². The molecule has 0 saturated heterocycles. The summed E-state index contributed by atoms with van der Waals surface area (Å²) in [5.41, 5.74) is 5.72. The Hall–Kier alpha value is -1.89. The number of aliphatic hydroxyl groups is 1. The van der Waals surface area contributed by atoms with Crippen molar-refractivity contribution in [2.45, 2.75) is 0 Å². The van der Waals surface area contributed by atoms with Gasteiger partial charge in [-0.1, -0.05) is 5.16 Å². The zero-order valence-electron chi connectivity index (χ0n) is 8.33. The summed E-state index contributed by atoms with van der Waals surface area (Å²) in [6.07, 6.45) is 1.50. The van der Waals surface area contributed by atoms with Crippen molar-refractivity contribution in [2.24, 2.45) is 10.9 Å². The van der Waals surface area contributed by atoms with Crippen LogP contribution in [0.15, 0.2) is 17.4 Å². The maximum Gasteiger partial charge on any atom is 0.225 e. The van der Waals surface area contributed by atoms with Gasteiger partial charge in [0.05, 0.1) is 6.61 Å². The Morgan fingerprint density at radius 2 is 2.40 bits per heavy atom. The van der Waals surface area contributed by atoms with Crippen LogP contribution in [0.4, 0.5) is 5.95 Å². The molecule has 0 saturated carbocycles. The minimum atomic E-state index is -0.0731. The van der Waals surface area contributed by atoms with E-state index in [9.17, 15) is 0 Å². The van der Waals surface area contributed by atoms with Crippen molar-refractivity contribution < 1.29 is 10.3 Å². The lowest BCUT2D eigenvalue weighted by atomic mass is 10.4. The highest BCUT2D eigenvalue weighted by Crippen LogP contribution is 2.04. The van der Waals surface area contributed by atoms with E-state index in [0.717, 1.165) is 0 Å². The molecule has 7 heteroatoms. The second kappa shape index (κ2) is 5.11. The molecule has 4 N–H and O–H groups in total. The van der Waals surface area contributed by atoms with Crippen LogP contribution in [0.25, 0.3) is 0 Å². The summed E-state index contributed by atoms with van der Waals surface area (Å²) in [6, 6.07) is 1.53. The second-order valence-electron chi connectivity index (χ2n) is 2.87. The van der Waals surface area contributed by atoms with E-state index < -0.39 is 0 Å². The number of anilines is 1. The monoisotopic (exact) mass is 211 g/mol. The molecule has 0 bridgehead atoms. The molecule has 0 unspecified atom stereocenters. The summed E-state index contributed by atoms with van der Waals surface area (Å²) in [4.78, 5) is 9.70. The first-order valence-electron chi connectivity index (χ1n) is 4.32. The molecule has 0 spiro atoms. The van der Waals surface area contributed by atoms with E-state index in [4.69, 9.17) is 16.0 Å². The number of aromatic nitrogens is 2. The first-order chi connectivity index (χ1) is 7.19. The van der Waals surface area contributed by atoms with Crippen LogP contribution in [0.5, 0.6) is 0 Å². The van der Waals surface area contributed by atoms with Gasteiger partial charge in [-0.25, -0.2) is 9.97 Å². The van der Waals surface area contributed by atoms with Crippen molar-refractivity contribution in [1.82, 2.24) is 9.97 Å². The van der Waals surface area contributed by atoms with E-state index in [0.29, 0.717) is 18.2 Å². The third-order valence-corrected chi connectivity index (χ3v) is 1.79. The van der Waals surface area contributed by atoms with Crippen LogP contribution in [0, 0.1) is 0 Å². The third-order valence-electron chi connectivity index (χ3n) is 1.79. The predicted octanol–water partition coefficient (Wildman–Crippen LogP) is -1.00. The summed E-state index contributed by atoms with van der Waals surface area (Å²) >= 11 is 0. The Kier molecular flexibility index (Phi) is 3.81. The van der Waals surface area contributed by atoms with Crippen LogP contribution in [0.1, 0.15) is 5.69 Å². The maximum absolute atomic E-state index is 8.74. The Labute approximate surface area is 86.9 Å². The summed E-state index contributed by atoms with van der Waals surface area (Å²) in [7, 11) is 1.74. The molecule has 1 heterocycles. The van der Waals surface area contributed by atoms with Gasteiger partial charge in [-0.15, -0.1) is 0 Å². The standard InChI is InChI=1S/C8H13N5O2/c1-13(4-5-14)8-10-3-2-6(11-8)7(9)12-15/h2-3,14-15H,4-5H2,1H3,(H2,9,12). The van der Waals surface area contributed by atoms with Gasteiger partial charge in [0.25, 0.3) is 0 Å². The summed E-state index contributed by atoms with van der Waals surface area (Å²) in [5.74, 6) is 0.337. The molecule has 0 aliphatic rings. The first kappa shape index (κ1) is 11.2. The molecule has 0 atom stereocenters. The number of rotatable bonds is 4. The van der Waals surface area contributed by atoms with Crippen molar-refractivity contribution >= 4 is 11.8 Å². The molecular formula is C8H13N5O2. The maximum atomic E-state index is 8.74. The quantitative estimate of drug-likeness (QED) is 0.255. The zero-order valence-corrected chi connectivity index (χ0v) is 8.33. The van der Waals surface area contributed by atoms with Gasteiger partial charge < -0.3 is 20.9 Å². The molecule has 1 aromatic rings. The van der Waals surface area contributed by atoms with Crippen molar-refractivity contribution in [1.29, 1.82) is 0 Å². The normalized spacial score (nSPS) is 11.5. The van der Waals surface area contributed by atoms with E-state index in [-0.39, 0.29) is 12.4 Å². The lowest BCUT2D eigenvalue weighted by molar-refractivity contribution is 0.303. The predicted molar refractivity (Wildman–Crippen MR) is 54.9 cm³/mol. The van der Waals surface area contributed by atoms with Gasteiger partial charge in [-0.2, -0.15) is 0 Å². The number of likely N-dealkylation sites (N-methyl/N-ethyl adjacent to an activating group) is 1. The number of hydrogen-bond donors (Lipinski definition) is 3. The largest absolute Gasteiger partial charge is 0.409 e. The smallest absolute Gasteiger partial charge is 0.225 e. The highest BCUT2D eigenvalue weighted by Gasteiger charge is 2.06. The molecule has 0 aliphatic carbocycles. The fourth-order valence-electron chi connectivity index (χ4n) is 0.976. The van der Waals surface area contributed by atoms with Crippen LogP contribution in [0.3, 0.4) is 0 Å². The minimum Gasteiger partial charge on any atom is -0.409 e. The molecule has 0 aromatic carbocycles. The first-order valence-corrected chi connectivity index (χ1v) is 4.32. The number of oxime groups is 1. The van der Waals surface area contributed by atoms with Gasteiger partial charge in [0.15, 0.2) is 5.84 Å². The second-order valence-corrected chi connectivity index (χ2v) is 2.87. The van der Waals surface area contributed by atoms with Gasteiger partial charge in [0.2, 0.25) is 5.95 Å². The molecule has 0 fully saturated rings. The van der Waals surface area contributed by atoms with Gasteiger partial charge in [0.1, 0.15) is 5.69 Å². The van der Waals surface area contributed by atoms with Crippen molar-refractivity contribution in [2.75, 3.05) is 25.1 Å². The van der Waals surface area contributed by atoms with Crippen LogP contribution < -0.4 is 10.6 Å². The lowest BCUT2D eigenvalue weighted by Crippen LogP contribution is -2.25. The average Bonchev–Trinajstić information content (AvgIpc) is 2.28. The number of amidine groups is 1. The molecule has 0 radical (unpaired) electrons.